The molecule has 1 aromatic rings. The summed E-state index contributed by atoms with van der Waals surface area (Å²) in [5.41, 5.74) is 0. The molecule has 0 fully saturated rings. The number of nitrogens with zero attached hydrogens (tertiary/aromatic N) is 1. The van der Waals surface area contributed by atoms with Gasteiger partial charge in [-0.2, -0.15) is 0 Å². The van der Waals surface area contributed by atoms with E-state index in [0.717, 1.165) is 12.2 Å². The van der Waals surface area contributed by atoms with Crippen LogP contribution in [0.15, 0.2) is 12.4 Å². The monoisotopic (exact) mass is 296 g/mol. The molecule has 0 unspecified atom stereocenters. The first kappa shape index (κ1) is 17.0. The fourth-order valence-electron chi connectivity index (χ4n) is 2.18. The van der Waals surface area contributed by atoms with Gasteiger partial charge in [0.25, 0.3) is 0 Å². The predicted octanol–water partition coefficient (Wildman–Crippen LogP) is 1.39. The molecule has 0 aliphatic heterocycles. The van der Waals surface area contributed by atoms with Crippen LogP contribution < -0.4 is 10.6 Å². The number of hydrogen-bond acceptors (Lipinski definition) is 3. The summed E-state index contributed by atoms with van der Waals surface area (Å²) in [7, 11) is 0. The van der Waals surface area contributed by atoms with Crippen LogP contribution in [0.1, 0.15) is 32.5 Å². The molecular weight excluding hydrogens is 272 g/mol. The van der Waals surface area contributed by atoms with Gasteiger partial charge in [-0.3, -0.25) is 4.79 Å². The van der Waals surface area contributed by atoms with Gasteiger partial charge < -0.3 is 20.7 Å². The number of aliphatic carboxylic acids is 1. The zero-order valence-electron chi connectivity index (χ0n) is 12.6. The predicted molar refractivity (Wildman–Crippen MR) is 78.9 cm³/mol. The summed E-state index contributed by atoms with van der Waals surface area (Å²) in [6, 6.07) is -0.277. The van der Waals surface area contributed by atoms with E-state index in [0.29, 0.717) is 25.4 Å². The molecule has 0 saturated heterocycles. The molecule has 21 heavy (non-hydrogen) atoms. The van der Waals surface area contributed by atoms with Gasteiger partial charge in [0.1, 0.15) is 5.82 Å². The Morgan fingerprint density at radius 2 is 2.14 bits per heavy atom. The van der Waals surface area contributed by atoms with Crippen molar-refractivity contribution in [2.75, 3.05) is 13.1 Å². The molecule has 1 aromatic heterocycles. The molecule has 0 bridgehead atoms. The van der Waals surface area contributed by atoms with Crippen LogP contribution in [0, 0.1) is 11.8 Å². The lowest BCUT2D eigenvalue weighted by molar-refractivity contribution is -0.138. The minimum atomic E-state index is -0.833. The summed E-state index contributed by atoms with van der Waals surface area (Å²) < 4.78 is 0. The largest absolute Gasteiger partial charge is 0.481 e. The quantitative estimate of drug-likeness (QED) is 0.552. The molecule has 0 saturated carbocycles. The van der Waals surface area contributed by atoms with Gasteiger partial charge in [-0.05, 0) is 18.3 Å². The van der Waals surface area contributed by atoms with Crippen molar-refractivity contribution in [3.63, 3.8) is 0 Å². The van der Waals surface area contributed by atoms with E-state index in [1.54, 1.807) is 12.4 Å². The van der Waals surface area contributed by atoms with Gasteiger partial charge >= 0.3 is 12.0 Å². The second-order valence-corrected chi connectivity index (χ2v) is 5.52. The molecule has 0 aromatic carbocycles. The summed E-state index contributed by atoms with van der Waals surface area (Å²) in [5.74, 6) is 0.344. The van der Waals surface area contributed by atoms with Crippen LogP contribution in [0.3, 0.4) is 0 Å². The van der Waals surface area contributed by atoms with Crippen LogP contribution in [0.4, 0.5) is 4.79 Å². The van der Waals surface area contributed by atoms with Gasteiger partial charge in [0.05, 0.1) is 0 Å². The Kier molecular flexibility index (Phi) is 7.28. The number of hydrogen-bond donors (Lipinski definition) is 4. The van der Waals surface area contributed by atoms with Gasteiger partial charge in [0.2, 0.25) is 0 Å². The third kappa shape index (κ3) is 7.96. The van der Waals surface area contributed by atoms with E-state index < -0.39 is 5.97 Å². The first-order chi connectivity index (χ1) is 9.97. The molecule has 1 atom stereocenters. The highest BCUT2D eigenvalue weighted by atomic mass is 16.4. The summed E-state index contributed by atoms with van der Waals surface area (Å²) in [6.45, 7) is 4.93. The van der Waals surface area contributed by atoms with Gasteiger partial charge in [0.15, 0.2) is 0 Å². The Balaban J connectivity index is 2.23. The number of amides is 2. The van der Waals surface area contributed by atoms with Crippen LogP contribution in [-0.2, 0) is 11.2 Å². The average Bonchev–Trinajstić information content (AvgIpc) is 2.88. The second-order valence-electron chi connectivity index (χ2n) is 5.52. The number of carboxylic acids is 1. The number of urea groups is 1. The van der Waals surface area contributed by atoms with Crippen molar-refractivity contribution in [2.45, 2.75) is 33.1 Å². The highest BCUT2D eigenvalue weighted by Gasteiger charge is 2.15. The smallest absolute Gasteiger partial charge is 0.314 e. The van der Waals surface area contributed by atoms with E-state index in [-0.39, 0.29) is 18.4 Å². The molecule has 7 nitrogen and oxygen atoms in total. The molecule has 0 spiro atoms. The number of H-pyrrole nitrogens is 1. The number of aromatic amines is 1. The first-order valence-corrected chi connectivity index (χ1v) is 7.19. The van der Waals surface area contributed by atoms with Crippen molar-refractivity contribution in [2.24, 2.45) is 11.8 Å². The van der Waals surface area contributed by atoms with E-state index in [1.807, 2.05) is 13.8 Å². The van der Waals surface area contributed by atoms with Crippen molar-refractivity contribution < 1.29 is 14.7 Å². The standard InChI is InChI=1S/C14H24N4O3/c1-10(2)7-11(8-13(19)20)9-18-14(21)17-4-3-12-15-5-6-16-12/h5-6,10-11H,3-4,7-9H2,1-2H3,(H,15,16)(H,19,20)(H2,17,18,21)/t11-/m0/s1. The van der Waals surface area contributed by atoms with Gasteiger partial charge in [0, 0.05) is 38.3 Å². The van der Waals surface area contributed by atoms with Gasteiger partial charge in [-0.1, -0.05) is 13.8 Å². The maximum absolute atomic E-state index is 11.6. The molecule has 0 aliphatic rings. The number of nitrogens with one attached hydrogen (secondary N) is 3. The normalized spacial score (nSPS) is 12.1. The Morgan fingerprint density at radius 3 is 2.71 bits per heavy atom. The summed E-state index contributed by atoms with van der Waals surface area (Å²) in [5, 5.41) is 14.3. The van der Waals surface area contributed by atoms with Crippen molar-refractivity contribution in [3.05, 3.63) is 18.2 Å². The van der Waals surface area contributed by atoms with Crippen LogP contribution in [0.5, 0.6) is 0 Å². The first-order valence-electron chi connectivity index (χ1n) is 7.19. The van der Waals surface area contributed by atoms with Crippen LogP contribution in [0.2, 0.25) is 0 Å². The molecule has 0 aliphatic carbocycles. The van der Waals surface area contributed by atoms with E-state index in [1.165, 1.54) is 0 Å². The summed E-state index contributed by atoms with van der Waals surface area (Å²) >= 11 is 0. The number of rotatable bonds is 9. The number of carbonyl (C=O) groups is 2. The zero-order chi connectivity index (χ0) is 15.7. The Bertz CT molecular complexity index is 431. The molecule has 118 valence electrons. The highest BCUT2D eigenvalue weighted by molar-refractivity contribution is 5.74. The number of carbonyl (C=O) groups excluding carboxylic acids is 1. The molecule has 1 rings (SSSR count). The topological polar surface area (TPSA) is 107 Å². The van der Waals surface area contributed by atoms with Crippen LogP contribution >= 0.6 is 0 Å². The minimum absolute atomic E-state index is 0.0432. The van der Waals surface area contributed by atoms with Crippen molar-refractivity contribution in [1.29, 1.82) is 0 Å². The lowest BCUT2D eigenvalue weighted by Crippen LogP contribution is -2.39. The minimum Gasteiger partial charge on any atom is -0.481 e. The highest BCUT2D eigenvalue weighted by Crippen LogP contribution is 2.14. The Morgan fingerprint density at radius 1 is 1.38 bits per heavy atom. The molecule has 1 heterocycles. The fourth-order valence-corrected chi connectivity index (χ4v) is 2.18. The molecule has 0 radical (unpaired) electrons. The number of imidazole rings is 1. The Hall–Kier alpha value is -2.05. The lowest BCUT2D eigenvalue weighted by atomic mass is 9.94. The SMILES string of the molecule is CC(C)C[C@H](CNC(=O)NCCc1ncc[nH]1)CC(=O)O. The molecule has 4 N–H and O–H groups in total. The number of aromatic nitrogens is 2. The Labute approximate surface area is 124 Å². The van der Waals surface area contributed by atoms with E-state index >= 15 is 0 Å². The maximum atomic E-state index is 11.6. The molecular formula is C14H24N4O3. The fraction of sp³-hybridized carbons (Fsp3) is 0.643. The van der Waals surface area contributed by atoms with Crippen molar-refractivity contribution in [3.8, 4) is 0 Å². The number of carboxylic acid groups (broad SMARTS) is 1. The van der Waals surface area contributed by atoms with E-state index in [4.69, 9.17) is 5.11 Å². The maximum Gasteiger partial charge on any atom is 0.314 e. The zero-order valence-corrected chi connectivity index (χ0v) is 12.6. The second kappa shape index (κ2) is 8.99. The molecule has 7 heteroatoms. The van der Waals surface area contributed by atoms with Crippen LogP contribution in [0.25, 0.3) is 0 Å². The third-order valence-corrected chi connectivity index (χ3v) is 3.02. The average molecular weight is 296 g/mol. The van der Waals surface area contributed by atoms with E-state index in [2.05, 4.69) is 20.6 Å². The van der Waals surface area contributed by atoms with E-state index in [9.17, 15) is 9.59 Å². The third-order valence-electron chi connectivity index (χ3n) is 3.02. The lowest BCUT2D eigenvalue weighted by Gasteiger charge is -2.18. The van der Waals surface area contributed by atoms with Gasteiger partial charge in [-0.25, -0.2) is 9.78 Å². The van der Waals surface area contributed by atoms with Gasteiger partial charge in [-0.15, -0.1) is 0 Å². The van der Waals surface area contributed by atoms with Crippen molar-refractivity contribution >= 4 is 12.0 Å². The summed E-state index contributed by atoms with van der Waals surface area (Å²) in [6.07, 6.45) is 4.88. The van der Waals surface area contributed by atoms with Crippen LogP contribution in [-0.4, -0.2) is 40.2 Å². The molecule has 2 amide bonds. The summed E-state index contributed by atoms with van der Waals surface area (Å²) in [4.78, 5) is 29.5. The van der Waals surface area contributed by atoms with Crippen molar-refractivity contribution in [1.82, 2.24) is 20.6 Å².